The Bertz CT molecular complexity index is 320. The number of hydrogen-bond acceptors (Lipinski definition) is 2. The molecule has 70 valence electrons. The van der Waals surface area contributed by atoms with Crippen LogP contribution in [0.15, 0.2) is 18.3 Å². The quantitative estimate of drug-likeness (QED) is 0.658. The summed E-state index contributed by atoms with van der Waals surface area (Å²) in [5.74, 6) is 0. The molecule has 2 nitrogen and oxygen atoms in total. The van der Waals surface area contributed by atoms with E-state index in [9.17, 15) is 5.11 Å². The molecule has 0 amide bonds. The molecule has 1 aliphatic rings. The van der Waals surface area contributed by atoms with Crippen LogP contribution in [0.5, 0.6) is 0 Å². The van der Waals surface area contributed by atoms with Gasteiger partial charge in [-0.05, 0) is 24.3 Å². The molecule has 0 bridgehead atoms. The molecule has 0 unspecified atom stereocenters. The lowest BCUT2D eigenvalue weighted by molar-refractivity contribution is 0.0982. The van der Waals surface area contributed by atoms with Gasteiger partial charge in [0.25, 0.3) is 0 Å². The first-order valence-corrected chi connectivity index (χ1v) is 4.70. The Kier molecular flexibility index (Phi) is 1.88. The Hall–Kier alpha value is -0.890. The highest BCUT2D eigenvalue weighted by atomic mass is 16.3. The van der Waals surface area contributed by atoms with Crippen LogP contribution >= 0.6 is 0 Å². The van der Waals surface area contributed by atoms with Gasteiger partial charge in [-0.2, -0.15) is 0 Å². The van der Waals surface area contributed by atoms with E-state index in [0.717, 1.165) is 24.1 Å². The van der Waals surface area contributed by atoms with Crippen molar-refractivity contribution in [3.63, 3.8) is 0 Å². The zero-order chi connectivity index (χ0) is 9.47. The molecule has 1 N–H and O–H groups in total. The molecule has 0 aliphatic heterocycles. The topological polar surface area (TPSA) is 33.1 Å². The first-order chi connectivity index (χ1) is 6.08. The van der Waals surface area contributed by atoms with E-state index < -0.39 is 0 Å². The summed E-state index contributed by atoms with van der Waals surface area (Å²) in [6, 6.07) is 3.86. The lowest BCUT2D eigenvalue weighted by Gasteiger charge is -2.33. The third-order valence-electron chi connectivity index (χ3n) is 2.68. The van der Waals surface area contributed by atoms with Gasteiger partial charge in [0.2, 0.25) is 0 Å². The smallest absolute Gasteiger partial charge is 0.0812 e. The Morgan fingerprint density at radius 2 is 2.31 bits per heavy atom. The highest BCUT2D eigenvalue weighted by molar-refractivity contribution is 5.26. The van der Waals surface area contributed by atoms with E-state index in [-0.39, 0.29) is 11.5 Å². The summed E-state index contributed by atoms with van der Waals surface area (Å²) in [5.41, 5.74) is 2.26. The van der Waals surface area contributed by atoms with E-state index >= 15 is 0 Å². The summed E-state index contributed by atoms with van der Waals surface area (Å²) >= 11 is 0. The predicted molar refractivity (Wildman–Crippen MR) is 51.3 cm³/mol. The van der Waals surface area contributed by atoms with Gasteiger partial charge in [0.15, 0.2) is 0 Å². The van der Waals surface area contributed by atoms with Gasteiger partial charge >= 0.3 is 0 Å². The van der Waals surface area contributed by atoms with Crippen molar-refractivity contribution in [2.45, 2.75) is 32.8 Å². The van der Waals surface area contributed by atoms with Crippen LogP contribution in [0.1, 0.15) is 37.6 Å². The largest absolute Gasteiger partial charge is 0.388 e. The lowest BCUT2D eigenvalue weighted by Crippen LogP contribution is -2.26. The molecule has 1 aromatic heterocycles. The first-order valence-electron chi connectivity index (χ1n) is 4.70. The Labute approximate surface area is 78.6 Å². The second-order valence-corrected chi connectivity index (χ2v) is 4.60. The number of nitrogens with zero attached hydrogens (tertiary/aromatic N) is 1. The van der Waals surface area contributed by atoms with E-state index in [0.29, 0.717) is 0 Å². The first kappa shape index (κ1) is 8.70. The number of pyridine rings is 1. The van der Waals surface area contributed by atoms with Gasteiger partial charge in [0, 0.05) is 17.5 Å². The molecule has 0 saturated heterocycles. The second-order valence-electron chi connectivity index (χ2n) is 4.60. The summed E-state index contributed by atoms with van der Waals surface area (Å²) in [6.07, 6.45) is 3.28. The minimum absolute atomic E-state index is 0.181. The normalized spacial score (nSPS) is 25.3. The molecule has 1 aromatic rings. The van der Waals surface area contributed by atoms with Crippen molar-refractivity contribution in [1.82, 2.24) is 4.98 Å². The van der Waals surface area contributed by atoms with Crippen LogP contribution in [0.3, 0.4) is 0 Å². The fourth-order valence-electron chi connectivity index (χ4n) is 2.06. The molecule has 1 heterocycles. The summed E-state index contributed by atoms with van der Waals surface area (Å²) in [7, 11) is 0. The van der Waals surface area contributed by atoms with Gasteiger partial charge in [-0.25, -0.2) is 0 Å². The van der Waals surface area contributed by atoms with Crippen molar-refractivity contribution >= 4 is 0 Å². The van der Waals surface area contributed by atoms with Gasteiger partial charge in [-0.1, -0.05) is 19.9 Å². The fourth-order valence-corrected chi connectivity index (χ4v) is 2.06. The minimum atomic E-state index is -0.326. The van der Waals surface area contributed by atoms with Crippen molar-refractivity contribution in [2.75, 3.05) is 0 Å². The molecule has 1 atom stereocenters. The van der Waals surface area contributed by atoms with Crippen molar-refractivity contribution in [3.8, 4) is 0 Å². The maximum atomic E-state index is 9.86. The summed E-state index contributed by atoms with van der Waals surface area (Å²) in [6.45, 7) is 4.35. The molecule has 0 saturated carbocycles. The SMILES string of the molecule is CC1(C)Cc2ncccc2[C@@H](O)C1. The van der Waals surface area contributed by atoms with E-state index in [1.54, 1.807) is 6.20 Å². The Morgan fingerprint density at radius 1 is 1.54 bits per heavy atom. The number of aliphatic hydroxyl groups excluding tert-OH is 1. The van der Waals surface area contributed by atoms with Crippen LogP contribution < -0.4 is 0 Å². The van der Waals surface area contributed by atoms with E-state index in [1.165, 1.54) is 0 Å². The van der Waals surface area contributed by atoms with Crippen LogP contribution in [-0.2, 0) is 6.42 Å². The third kappa shape index (κ3) is 1.59. The molecule has 0 radical (unpaired) electrons. The molecule has 0 spiro atoms. The van der Waals surface area contributed by atoms with Gasteiger partial charge in [-0.3, -0.25) is 4.98 Å². The van der Waals surface area contributed by atoms with Crippen molar-refractivity contribution in [2.24, 2.45) is 5.41 Å². The number of aromatic nitrogens is 1. The number of aliphatic hydroxyl groups is 1. The van der Waals surface area contributed by atoms with Crippen LogP contribution in [0.25, 0.3) is 0 Å². The summed E-state index contributed by atoms with van der Waals surface area (Å²) < 4.78 is 0. The maximum absolute atomic E-state index is 9.86. The molecule has 1 aliphatic carbocycles. The average Bonchev–Trinajstić information content (AvgIpc) is 2.02. The van der Waals surface area contributed by atoms with Crippen molar-refractivity contribution in [1.29, 1.82) is 0 Å². The maximum Gasteiger partial charge on any atom is 0.0812 e. The third-order valence-corrected chi connectivity index (χ3v) is 2.68. The molecule has 0 fully saturated rings. The molecular weight excluding hydrogens is 162 g/mol. The van der Waals surface area contributed by atoms with Gasteiger partial charge in [0.05, 0.1) is 6.10 Å². The number of rotatable bonds is 0. The molecule has 2 heteroatoms. The van der Waals surface area contributed by atoms with Crippen LogP contribution in [0.2, 0.25) is 0 Å². The summed E-state index contributed by atoms with van der Waals surface area (Å²) in [4.78, 5) is 4.31. The number of fused-ring (bicyclic) bond motifs is 1. The van der Waals surface area contributed by atoms with Crippen LogP contribution in [0, 0.1) is 5.41 Å². The predicted octanol–water partition coefficient (Wildman–Crippen LogP) is 2.09. The minimum Gasteiger partial charge on any atom is -0.388 e. The zero-order valence-electron chi connectivity index (χ0n) is 8.12. The molecule has 13 heavy (non-hydrogen) atoms. The monoisotopic (exact) mass is 177 g/mol. The molecule has 2 rings (SSSR count). The van der Waals surface area contributed by atoms with E-state index in [4.69, 9.17) is 0 Å². The van der Waals surface area contributed by atoms with Gasteiger partial charge in [0.1, 0.15) is 0 Å². The Balaban J connectivity index is 2.43. The standard InChI is InChI=1S/C11H15NO/c1-11(2)6-9-8(10(13)7-11)4-3-5-12-9/h3-5,10,13H,6-7H2,1-2H3/t10-/m0/s1. The summed E-state index contributed by atoms with van der Waals surface area (Å²) in [5, 5.41) is 9.86. The fraction of sp³-hybridized carbons (Fsp3) is 0.545. The van der Waals surface area contributed by atoms with E-state index in [1.807, 2.05) is 12.1 Å². The van der Waals surface area contributed by atoms with Crippen LogP contribution in [0.4, 0.5) is 0 Å². The highest BCUT2D eigenvalue weighted by Gasteiger charge is 2.31. The van der Waals surface area contributed by atoms with Crippen molar-refractivity contribution < 1.29 is 5.11 Å². The van der Waals surface area contributed by atoms with E-state index in [2.05, 4.69) is 18.8 Å². The lowest BCUT2D eigenvalue weighted by atomic mass is 9.75. The van der Waals surface area contributed by atoms with Crippen LogP contribution in [-0.4, -0.2) is 10.1 Å². The average molecular weight is 177 g/mol. The highest BCUT2D eigenvalue weighted by Crippen LogP contribution is 2.39. The van der Waals surface area contributed by atoms with Crippen molar-refractivity contribution in [3.05, 3.63) is 29.6 Å². The molecule has 0 aromatic carbocycles. The second kappa shape index (κ2) is 2.81. The van der Waals surface area contributed by atoms with Gasteiger partial charge in [-0.15, -0.1) is 0 Å². The van der Waals surface area contributed by atoms with Gasteiger partial charge < -0.3 is 5.11 Å². The zero-order valence-corrected chi connectivity index (χ0v) is 8.12. The Morgan fingerprint density at radius 3 is 3.08 bits per heavy atom. The molecular formula is C11H15NO. The number of hydrogen-bond donors (Lipinski definition) is 1.